The second kappa shape index (κ2) is 6.03. The molecule has 0 aliphatic rings. The first-order chi connectivity index (χ1) is 4.98. The van der Waals surface area contributed by atoms with Gasteiger partial charge < -0.3 is 22.6 Å². The van der Waals surface area contributed by atoms with Gasteiger partial charge in [0.15, 0.2) is 6.54 Å². The van der Waals surface area contributed by atoms with Crippen molar-refractivity contribution in [2.24, 2.45) is 5.73 Å². The van der Waals surface area contributed by atoms with Crippen LogP contribution < -0.4 is 18.1 Å². The Hall–Kier alpha value is -0.540. The molecule has 0 fully saturated rings. The molecule has 0 aromatic heterocycles. The van der Waals surface area contributed by atoms with E-state index in [9.17, 15) is 4.79 Å². The lowest BCUT2D eigenvalue weighted by Crippen LogP contribution is -3.00. The normalized spacial score (nSPS) is 11.2. The number of carbonyl (C=O) groups is 1. The minimum Gasteiger partial charge on any atom is -1.00 e. The molecule has 0 aromatic rings. The van der Waals surface area contributed by atoms with Crippen LogP contribution in [0.5, 0.6) is 0 Å². The monoisotopic (exact) mass is 192 g/mol. The maximum absolute atomic E-state index is 10.6. The Balaban J connectivity index is 0. The molecule has 12 heavy (non-hydrogen) atoms. The highest BCUT2D eigenvalue weighted by atomic mass is 35.5. The molecule has 0 unspecified atom stereocenters. The third kappa shape index (κ3) is 7.57. The summed E-state index contributed by atoms with van der Waals surface area (Å²) in [5.74, 6) is -0.250. The van der Waals surface area contributed by atoms with Gasteiger partial charge >= 0.3 is 0 Å². The van der Waals surface area contributed by atoms with E-state index < -0.39 is 0 Å². The molecule has 1 amide bonds. The fourth-order valence-corrected chi connectivity index (χ4v) is 0.877. The Morgan fingerprint density at radius 2 is 2.00 bits per heavy atom. The first-order valence-electron chi connectivity index (χ1n) is 3.69. The van der Waals surface area contributed by atoms with Gasteiger partial charge in [0.2, 0.25) is 0 Å². The summed E-state index contributed by atoms with van der Waals surface area (Å²) in [4.78, 5) is 10.6. The van der Waals surface area contributed by atoms with E-state index in [0.717, 1.165) is 6.54 Å². The standard InChI is InChI=1S/C8H16N2O.ClH/c1-4-5-6-10(2,3)7-8(9)11;/h4-5H,6-7H2,1-3H3,(H-,9,11);1H. The maximum Gasteiger partial charge on any atom is 0.272 e. The summed E-state index contributed by atoms with van der Waals surface area (Å²) in [6.45, 7) is 3.20. The van der Waals surface area contributed by atoms with Gasteiger partial charge in [-0.2, -0.15) is 0 Å². The van der Waals surface area contributed by atoms with E-state index in [0.29, 0.717) is 11.0 Å². The van der Waals surface area contributed by atoms with E-state index in [1.54, 1.807) is 0 Å². The smallest absolute Gasteiger partial charge is 0.272 e. The first kappa shape index (κ1) is 14.0. The van der Waals surface area contributed by atoms with Crippen molar-refractivity contribution in [3.8, 4) is 0 Å². The molecular formula is C8H17ClN2O. The zero-order valence-corrected chi connectivity index (χ0v) is 8.64. The molecule has 72 valence electrons. The molecule has 4 heteroatoms. The molecule has 0 rings (SSSR count). The van der Waals surface area contributed by atoms with Crippen molar-refractivity contribution in [3.63, 3.8) is 0 Å². The number of allylic oxidation sites excluding steroid dienone is 1. The zero-order valence-electron chi connectivity index (χ0n) is 7.88. The molecule has 0 atom stereocenters. The van der Waals surface area contributed by atoms with Crippen LogP contribution in [0.2, 0.25) is 0 Å². The van der Waals surface area contributed by atoms with Gasteiger partial charge in [0.1, 0.15) is 0 Å². The van der Waals surface area contributed by atoms with Gasteiger partial charge in [-0.3, -0.25) is 4.79 Å². The SMILES string of the molecule is CC=CC[N+](C)(C)CC(N)=O.[Cl-]. The van der Waals surface area contributed by atoms with Gasteiger partial charge in [0.05, 0.1) is 20.6 Å². The number of nitrogens with two attached hydrogens (primary N) is 1. The number of primary amides is 1. The molecule has 0 saturated carbocycles. The van der Waals surface area contributed by atoms with E-state index in [1.807, 2.05) is 33.2 Å². The highest BCUT2D eigenvalue weighted by Crippen LogP contribution is 1.95. The first-order valence-corrected chi connectivity index (χ1v) is 3.69. The van der Waals surface area contributed by atoms with Gasteiger partial charge in [0, 0.05) is 0 Å². The summed E-state index contributed by atoms with van der Waals surface area (Å²) in [7, 11) is 3.95. The van der Waals surface area contributed by atoms with E-state index in [2.05, 4.69) is 0 Å². The maximum atomic E-state index is 10.6. The van der Waals surface area contributed by atoms with Crippen LogP contribution in [-0.2, 0) is 4.79 Å². The van der Waals surface area contributed by atoms with Gasteiger partial charge in [-0.15, -0.1) is 0 Å². The fraction of sp³-hybridized carbons (Fsp3) is 0.625. The van der Waals surface area contributed by atoms with Crippen LogP contribution >= 0.6 is 0 Å². The van der Waals surface area contributed by atoms with Crippen LogP contribution in [0.25, 0.3) is 0 Å². The summed E-state index contributed by atoms with van der Waals surface area (Å²) < 4.78 is 0.625. The second-order valence-electron chi connectivity index (χ2n) is 3.31. The van der Waals surface area contributed by atoms with Gasteiger partial charge in [-0.1, -0.05) is 6.08 Å². The molecule has 2 N–H and O–H groups in total. The molecule has 0 spiro atoms. The lowest BCUT2D eigenvalue weighted by atomic mass is 10.4. The van der Waals surface area contributed by atoms with Gasteiger partial charge in [-0.05, 0) is 13.0 Å². The summed E-state index contributed by atoms with van der Waals surface area (Å²) in [5.41, 5.74) is 5.07. The Morgan fingerprint density at radius 1 is 1.50 bits per heavy atom. The molecule has 0 bridgehead atoms. The summed E-state index contributed by atoms with van der Waals surface area (Å²) >= 11 is 0. The summed E-state index contributed by atoms with van der Waals surface area (Å²) in [5, 5.41) is 0. The molecule has 0 aromatic carbocycles. The van der Waals surface area contributed by atoms with Crippen LogP contribution in [0.1, 0.15) is 6.92 Å². The number of rotatable bonds is 4. The molecular weight excluding hydrogens is 176 g/mol. The predicted octanol–water partition coefficient (Wildman–Crippen LogP) is -2.87. The molecule has 3 nitrogen and oxygen atoms in total. The number of quaternary nitrogens is 1. The van der Waals surface area contributed by atoms with E-state index >= 15 is 0 Å². The number of carbonyl (C=O) groups excluding carboxylic acids is 1. The quantitative estimate of drug-likeness (QED) is 0.378. The average Bonchev–Trinajstić information content (AvgIpc) is 1.81. The topological polar surface area (TPSA) is 43.1 Å². The van der Waals surface area contributed by atoms with Crippen molar-refractivity contribution in [2.45, 2.75) is 6.92 Å². The van der Waals surface area contributed by atoms with Crippen LogP contribution in [0.3, 0.4) is 0 Å². The Morgan fingerprint density at radius 3 is 2.33 bits per heavy atom. The van der Waals surface area contributed by atoms with Crippen LogP contribution in [0.15, 0.2) is 12.2 Å². The van der Waals surface area contributed by atoms with E-state index in [1.165, 1.54) is 0 Å². The van der Waals surface area contributed by atoms with Crippen molar-refractivity contribution in [2.75, 3.05) is 27.2 Å². The largest absolute Gasteiger partial charge is 1.00 e. The highest BCUT2D eigenvalue weighted by molar-refractivity contribution is 5.74. The average molecular weight is 193 g/mol. The number of hydrogen-bond acceptors (Lipinski definition) is 1. The minimum atomic E-state index is -0.250. The Bertz CT molecular complexity index is 166. The van der Waals surface area contributed by atoms with Crippen molar-refractivity contribution in [3.05, 3.63) is 12.2 Å². The minimum absolute atomic E-state index is 0. The molecule has 0 radical (unpaired) electrons. The number of nitrogens with zero attached hydrogens (tertiary/aromatic N) is 1. The summed E-state index contributed by atoms with van der Waals surface area (Å²) in [6.07, 6.45) is 4.00. The molecule has 0 aliphatic heterocycles. The van der Waals surface area contributed by atoms with Crippen molar-refractivity contribution >= 4 is 5.91 Å². The van der Waals surface area contributed by atoms with Crippen LogP contribution in [-0.4, -0.2) is 37.6 Å². The van der Waals surface area contributed by atoms with Crippen molar-refractivity contribution in [1.82, 2.24) is 0 Å². The number of amides is 1. The van der Waals surface area contributed by atoms with E-state index in [4.69, 9.17) is 5.73 Å². The molecule has 0 saturated heterocycles. The third-order valence-corrected chi connectivity index (χ3v) is 1.42. The Kier molecular flexibility index (Phi) is 7.04. The lowest BCUT2D eigenvalue weighted by molar-refractivity contribution is -0.876. The second-order valence-corrected chi connectivity index (χ2v) is 3.31. The number of likely N-dealkylation sites (N-methyl/N-ethyl adjacent to an activating group) is 1. The third-order valence-electron chi connectivity index (χ3n) is 1.42. The predicted molar refractivity (Wildman–Crippen MR) is 45.9 cm³/mol. The zero-order chi connectivity index (χ0) is 8.91. The van der Waals surface area contributed by atoms with Crippen LogP contribution in [0.4, 0.5) is 0 Å². The highest BCUT2D eigenvalue weighted by Gasteiger charge is 2.15. The molecule has 0 aliphatic carbocycles. The van der Waals surface area contributed by atoms with Gasteiger partial charge in [0.25, 0.3) is 5.91 Å². The van der Waals surface area contributed by atoms with Crippen LogP contribution in [0, 0.1) is 0 Å². The van der Waals surface area contributed by atoms with Gasteiger partial charge in [-0.25, -0.2) is 0 Å². The number of hydrogen-bond donors (Lipinski definition) is 1. The lowest BCUT2D eigenvalue weighted by Gasteiger charge is -2.26. The Labute approximate surface area is 80.2 Å². The fourth-order valence-electron chi connectivity index (χ4n) is 0.877. The van der Waals surface area contributed by atoms with Crippen molar-refractivity contribution in [1.29, 1.82) is 0 Å². The van der Waals surface area contributed by atoms with E-state index in [-0.39, 0.29) is 18.3 Å². The molecule has 0 heterocycles. The van der Waals surface area contributed by atoms with Crippen molar-refractivity contribution < 1.29 is 21.7 Å². The number of halogens is 1. The summed E-state index contributed by atoms with van der Waals surface area (Å²) in [6, 6.07) is 0.